The van der Waals surface area contributed by atoms with Gasteiger partial charge in [-0.1, -0.05) is 12.8 Å². The zero-order valence-electron chi connectivity index (χ0n) is 9.28. The third-order valence-corrected chi connectivity index (χ3v) is 1.82. The third-order valence-electron chi connectivity index (χ3n) is 1.82. The minimum absolute atomic E-state index is 0. The van der Waals surface area contributed by atoms with Crippen LogP contribution in [0.4, 0.5) is 4.79 Å². The molecule has 1 aliphatic heterocycles. The van der Waals surface area contributed by atoms with E-state index >= 15 is 0 Å². The Labute approximate surface area is 120 Å². The SMILES string of the molecule is CC([NH-])=O.[NH-]C(=O)N1CCCCCC1=O.[Y]. The van der Waals surface area contributed by atoms with Crippen molar-refractivity contribution in [2.45, 2.75) is 32.6 Å². The molecule has 0 aromatic heterocycles. The van der Waals surface area contributed by atoms with Gasteiger partial charge in [-0.2, -0.15) is 0 Å². The van der Waals surface area contributed by atoms with E-state index in [9.17, 15) is 9.59 Å². The van der Waals surface area contributed by atoms with Gasteiger partial charge in [-0.15, -0.1) is 0 Å². The van der Waals surface area contributed by atoms with Crippen LogP contribution in [0.15, 0.2) is 0 Å². The first-order chi connectivity index (χ1) is 6.95. The molecule has 1 aliphatic rings. The summed E-state index contributed by atoms with van der Waals surface area (Å²) in [5.74, 6) is -0.775. The fourth-order valence-electron chi connectivity index (χ4n) is 1.20. The molecule has 16 heavy (non-hydrogen) atoms. The summed E-state index contributed by atoms with van der Waals surface area (Å²) in [5, 5.41) is 0. The van der Waals surface area contributed by atoms with Gasteiger partial charge in [0.25, 0.3) is 0 Å². The Morgan fingerprint density at radius 1 is 1.19 bits per heavy atom. The first-order valence-electron chi connectivity index (χ1n) is 4.73. The molecule has 6 nitrogen and oxygen atoms in total. The molecule has 2 N–H and O–H groups in total. The minimum Gasteiger partial charge on any atom is -0.668 e. The summed E-state index contributed by atoms with van der Waals surface area (Å²) in [7, 11) is 0. The van der Waals surface area contributed by atoms with Crippen molar-refractivity contribution in [3.8, 4) is 0 Å². The zero-order chi connectivity index (χ0) is 11.8. The quantitative estimate of drug-likeness (QED) is 0.684. The van der Waals surface area contributed by atoms with Crippen molar-refractivity contribution in [2.24, 2.45) is 0 Å². The number of rotatable bonds is 0. The van der Waals surface area contributed by atoms with Crippen molar-refractivity contribution in [2.75, 3.05) is 6.54 Å². The molecule has 7 heteroatoms. The molecule has 89 valence electrons. The first kappa shape index (κ1) is 17.9. The van der Waals surface area contributed by atoms with Crippen LogP contribution in [0, 0.1) is 0 Å². The van der Waals surface area contributed by atoms with E-state index in [0.717, 1.165) is 24.2 Å². The summed E-state index contributed by atoms with van der Waals surface area (Å²) in [6.45, 7) is 1.63. The largest absolute Gasteiger partial charge is 0.668 e. The number of imide groups is 1. The van der Waals surface area contributed by atoms with E-state index in [1.807, 2.05) is 0 Å². The van der Waals surface area contributed by atoms with Crippen LogP contribution in [0.2, 0.25) is 0 Å². The van der Waals surface area contributed by atoms with Crippen LogP contribution >= 0.6 is 0 Å². The normalized spacial score (nSPS) is 15.1. The Hall–Kier alpha value is -0.486. The Morgan fingerprint density at radius 3 is 2.12 bits per heavy atom. The number of amides is 4. The molecule has 1 saturated heterocycles. The van der Waals surface area contributed by atoms with Crippen LogP contribution in [0.25, 0.3) is 11.5 Å². The molecular weight excluding hydrogens is 287 g/mol. The van der Waals surface area contributed by atoms with Crippen molar-refractivity contribution < 1.29 is 47.1 Å². The van der Waals surface area contributed by atoms with Crippen LogP contribution in [0.5, 0.6) is 0 Å². The molecular formula is C9H15N3O3Y-2. The Morgan fingerprint density at radius 2 is 1.69 bits per heavy atom. The number of urea groups is 1. The molecule has 0 aromatic rings. The van der Waals surface area contributed by atoms with Gasteiger partial charge in [0.2, 0.25) is 0 Å². The third kappa shape index (κ3) is 8.79. The topological polar surface area (TPSA) is 102 Å². The van der Waals surface area contributed by atoms with E-state index in [4.69, 9.17) is 16.3 Å². The van der Waals surface area contributed by atoms with E-state index in [1.54, 1.807) is 0 Å². The van der Waals surface area contributed by atoms with Crippen molar-refractivity contribution in [1.82, 2.24) is 4.90 Å². The minimum atomic E-state index is -0.864. The second-order valence-electron chi connectivity index (χ2n) is 3.22. The van der Waals surface area contributed by atoms with Crippen molar-refractivity contribution in [3.63, 3.8) is 0 Å². The van der Waals surface area contributed by atoms with Crippen LogP contribution in [-0.2, 0) is 42.3 Å². The molecule has 1 radical (unpaired) electrons. The molecule has 0 bridgehead atoms. The van der Waals surface area contributed by atoms with Gasteiger partial charge < -0.3 is 21.2 Å². The molecule has 0 aliphatic carbocycles. The average Bonchev–Trinajstić information content (AvgIpc) is 2.28. The van der Waals surface area contributed by atoms with Crippen LogP contribution in [0.3, 0.4) is 0 Å². The van der Waals surface area contributed by atoms with Crippen LogP contribution in [0.1, 0.15) is 32.6 Å². The standard InChI is InChI=1S/C7H12N2O2.C2H5NO.Y/c8-7(11)9-5-3-1-2-4-6(9)10;1-2(3)4;/h1-5H2,(H2,8,11);1H3,(H2,3,4);/p-2. The summed E-state index contributed by atoms with van der Waals surface area (Å²) in [6, 6.07) is -0.864. The Balaban J connectivity index is 0. The summed E-state index contributed by atoms with van der Waals surface area (Å²) in [5.41, 5.74) is 12.7. The molecule has 1 heterocycles. The summed E-state index contributed by atoms with van der Waals surface area (Å²) in [6.07, 6.45) is 3.10. The number of carbonyl (C=O) groups excluding carboxylic acids is 3. The van der Waals surface area contributed by atoms with E-state index in [-0.39, 0.29) is 38.6 Å². The molecule has 4 amide bonds. The average molecular weight is 302 g/mol. The maximum absolute atomic E-state index is 11.0. The smallest absolute Gasteiger partial charge is 0.158 e. The van der Waals surface area contributed by atoms with Gasteiger partial charge in [0.05, 0.1) is 0 Å². The van der Waals surface area contributed by atoms with Crippen molar-refractivity contribution in [1.29, 1.82) is 0 Å². The van der Waals surface area contributed by atoms with E-state index in [1.165, 1.54) is 6.92 Å². The number of hydrogen-bond donors (Lipinski definition) is 0. The van der Waals surface area contributed by atoms with Gasteiger partial charge >= 0.3 is 0 Å². The summed E-state index contributed by atoms with van der Waals surface area (Å²) < 4.78 is 0. The molecule has 0 unspecified atom stereocenters. The number of nitrogens with one attached hydrogen (secondary N) is 2. The van der Waals surface area contributed by atoms with E-state index in [2.05, 4.69) is 0 Å². The monoisotopic (exact) mass is 302 g/mol. The van der Waals surface area contributed by atoms with Crippen LogP contribution < -0.4 is 0 Å². The first-order valence-corrected chi connectivity index (χ1v) is 4.73. The second-order valence-corrected chi connectivity index (χ2v) is 3.22. The molecule has 0 atom stereocenters. The van der Waals surface area contributed by atoms with E-state index in [0.29, 0.717) is 13.0 Å². The fraction of sp³-hybridized carbons (Fsp3) is 0.667. The summed E-state index contributed by atoms with van der Waals surface area (Å²) >= 11 is 0. The number of nitrogens with zero attached hydrogens (tertiary/aromatic N) is 1. The predicted octanol–water partition coefficient (Wildman–Crippen LogP) is 2.14. The summed E-state index contributed by atoms with van der Waals surface area (Å²) in [4.78, 5) is 31.7. The van der Waals surface area contributed by atoms with Crippen molar-refractivity contribution >= 4 is 17.8 Å². The van der Waals surface area contributed by atoms with Gasteiger partial charge in [-0.25, -0.2) is 0 Å². The molecule has 0 spiro atoms. The predicted molar refractivity (Wildman–Crippen MR) is 54.9 cm³/mol. The van der Waals surface area contributed by atoms with Crippen LogP contribution in [-0.4, -0.2) is 29.3 Å². The van der Waals surface area contributed by atoms with Gasteiger partial charge in [0.1, 0.15) is 5.91 Å². The Kier molecular flexibility index (Phi) is 10.9. The second kappa shape index (κ2) is 9.72. The Bertz CT molecular complexity index is 254. The van der Waals surface area contributed by atoms with Gasteiger partial charge in [-0.3, -0.25) is 9.59 Å². The molecule has 1 fully saturated rings. The van der Waals surface area contributed by atoms with Gasteiger partial charge in [0.15, 0.2) is 6.03 Å². The maximum atomic E-state index is 11.0. The van der Waals surface area contributed by atoms with E-state index < -0.39 is 11.9 Å². The maximum Gasteiger partial charge on any atom is 0.158 e. The number of likely N-dealkylation sites (tertiary alicyclic amines) is 1. The molecule has 0 aromatic carbocycles. The number of carbonyl (C=O) groups is 3. The van der Waals surface area contributed by atoms with Gasteiger partial charge in [-0.05, 0) is 19.9 Å². The van der Waals surface area contributed by atoms with Crippen molar-refractivity contribution in [3.05, 3.63) is 11.5 Å². The molecule has 1 rings (SSSR count). The molecule has 0 saturated carbocycles. The van der Waals surface area contributed by atoms with Gasteiger partial charge in [0, 0.05) is 45.0 Å². The fourth-order valence-corrected chi connectivity index (χ4v) is 1.20. The number of hydrogen-bond acceptors (Lipinski definition) is 3. The zero-order valence-corrected chi connectivity index (χ0v) is 12.1.